The summed E-state index contributed by atoms with van der Waals surface area (Å²) in [5, 5.41) is 14.4. The number of unbranched alkanes of at least 4 members (excludes halogenated alkanes) is 5. The molecule has 0 amide bonds. The first-order valence-electron chi connectivity index (χ1n) is 12.0. The van der Waals surface area contributed by atoms with Crippen molar-refractivity contribution in [3.8, 4) is 0 Å². The summed E-state index contributed by atoms with van der Waals surface area (Å²) in [5.74, 6) is -2.00. The normalized spacial score (nSPS) is 15.8. The summed E-state index contributed by atoms with van der Waals surface area (Å²) < 4.78 is 10.6. The predicted molar refractivity (Wildman–Crippen MR) is 134 cm³/mol. The van der Waals surface area contributed by atoms with Crippen molar-refractivity contribution in [2.75, 3.05) is 34.4 Å². The van der Waals surface area contributed by atoms with Gasteiger partial charge in [-0.3, -0.25) is 10.1 Å². The first-order chi connectivity index (χ1) is 16.7. The Kier molecular flexibility index (Phi) is 10.9. The largest absolute Gasteiger partial charge is 0.466 e. The number of nitrogens with zero attached hydrogens (tertiary/aromatic N) is 2. The Morgan fingerprint density at radius 2 is 1.60 bits per heavy atom. The highest BCUT2D eigenvalue weighted by molar-refractivity contribution is 5.99. The smallest absolute Gasteiger partial charge is 0.336 e. The van der Waals surface area contributed by atoms with Gasteiger partial charge in [-0.25, -0.2) is 9.59 Å². The van der Waals surface area contributed by atoms with Gasteiger partial charge < -0.3 is 19.7 Å². The molecule has 0 spiro atoms. The van der Waals surface area contributed by atoms with Crippen molar-refractivity contribution >= 4 is 17.6 Å². The van der Waals surface area contributed by atoms with Gasteiger partial charge in [0, 0.05) is 23.5 Å². The van der Waals surface area contributed by atoms with Crippen molar-refractivity contribution in [2.24, 2.45) is 0 Å². The van der Waals surface area contributed by atoms with Gasteiger partial charge >= 0.3 is 11.9 Å². The van der Waals surface area contributed by atoms with Gasteiger partial charge in [-0.2, -0.15) is 0 Å². The summed E-state index contributed by atoms with van der Waals surface area (Å²) >= 11 is 0. The summed E-state index contributed by atoms with van der Waals surface area (Å²) in [7, 11) is 5.40. The van der Waals surface area contributed by atoms with E-state index in [0.29, 0.717) is 17.0 Å². The van der Waals surface area contributed by atoms with Crippen LogP contribution < -0.4 is 5.32 Å². The van der Waals surface area contributed by atoms with E-state index in [1.54, 1.807) is 19.9 Å². The Morgan fingerprint density at radius 1 is 1.00 bits per heavy atom. The number of non-ortho nitro benzene ring substituents is 1. The van der Waals surface area contributed by atoms with Gasteiger partial charge in [0.15, 0.2) is 0 Å². The minimum atomic E-state index is -0.840. The summed E-state index contributed by atoms with van der Waals surface area (Å²) in [6.07, 6.45) is 6.31. The standard InChI is InChI=1S/C26H37N3O6/c1-18-22(25(30)34-5)24(20-13-12-14-21(17-20)29(32)33)23(19(2)27-18)26(31)35-16-11-9-7-6-8-10-15-28(3)4/h12-14,17,24,27H,6-11,15-16H2,1-5H3/t24-/m1/s1. The fourth-order valence-corrected chi connectivity index (χ4v) is 4.28. The van der Waals surface area contributed by atoms with E-state index in [0.717, 1.165) is 32.2 Å². The van der Waals surface area contributed by atoms with Gasteiger partial charge in [-0.05, 0) is 52.9 Å². The molecule has 0 unspecified atom stereocenters. The van der Waals surface area contributed by atoms with Crippen molar-refractivity contribution in [1.82, 2.24) is 10.2 Å². The number of hydrogen-bond donors (Lipinski definition) is 1. The van der Waals surface area contributed by atoms with E-state index in [9.17, 15) is 19.7 Å². The molecule has 9 nitrogen and oxygen atoms in total. The number of carbonyl (C=O) groups is 2. The maximum absolute atomic E-state index is 13.2. The van der Waals surface area contributed by atoms with Gasteiger partial charge in [-0.1, -0.05) is 37.8 Å². The number of benzene rings is 1. The van der Waals surface area contributed by atoms with Crippen LogP contribution in [0.15, 0.2) is 46.8 Å². The summed E-state index contributed by atoms with van der Waals surface area (Å²) in [5.41, 5.74) is 1.86. The second-order valence-electron chi connectivity index (χ2n) is 9.04. The van der Waals surface area contributed by atoms with Crippen LogP contribution in [-0.2, 0) is 19.1 Å². The molecule has 1 N–H and O–H groups in total. The molecule has 0 radical (unpaired) electrons. The Labute approximate surface area is 207 Å². The number of hydrogen-bond acceptors (Lipinski definition) is 8. The number of methoxy groups -OCH3 is 1. The number of nitro groups is 1. The number of nitro benzene ring substituents is 1. The fraction of sp³-hybridized carbons (Fsp3) is 0.538. The van der Waals surface area contributed by atoms with Crippen molar-refractivity contribution in [3.05, 3.63) is 62.5 Å². The molecular weight excluding hydrogens is 450 g/mol. The van der Waals surface area contributed by atoms with Crippen LogP contribution in [0.1, 0.15) is 63.9 Å². The zero-order valence-corrected chi connectivity index (χ0v) is 21.4. The average molecular weight is 488 g/mol. The summed E-state index contributed by atoms with van der Waals surface area (Å²) in [6, 6.07) is 5.95. The fourth-order valence-electron chi connectivity index (χ4n) is 4.28. The minimum Gasteiger partial charge on any atom is -0.466 e. The number of nitrogens with one attached hydrogen (secondary N) is 1. The van der Waals surface area contributed by atoms with Gasteiger partial charge in [0.05, 0.1) is 35.7 Å². The molecule has 0 fully saturated rings. The predicted octanol–water partition coefficient (Wildman–Crippen LogP) is 4.45. The third-order valence-corrected chi connectivity index (χ3v) is 6.03. The maximum Gasteiger partial charge on any atom is 0.336 e. The summed E-state index contributed by atoms with van der Waals surface area (Å²) in [4.78, 5) is 38.9. The Bertz CT molecular complexity index is 983. The molecule has 0 aliphatic carbocycles. The van der Waals surface area contributed by atoms with Crippen molar-refractivity contribution in [2.45, 2.75) is 58.3 Å². The SMILES string of the molecule is COC(=O)C1=C(C)NC(C)=C(C(=O)OCCCCCCCCN(C)C)[C@@H]1c1cccc([N+](=O)[O-])c1. The minimum absolute atomic E-state index is 0.126. The monoisotopic (exact) mass is 487 g/mol. The second kappa shape index (κ2) is 13.6. The molecule has 0 aromatic heterocycles. The van der Waals surface area contributed by atoms with Gasteiger partial charge in [0.25, 0.3) is 5.69 Å². The first-order valence-corrected chi connectivity index (χ1v) is 12.0. The van der Waals surface area contributed by atoms with Crippen LogP contribution >= 0.6 is 0 Å². The Morgan fingerprint density at radius 3 is 2.20 bits per heavy atom. The Hall–Kier alpha value is -3.20. The average Bonchev–Trinajstić information content (AvgIpc) is 2.81. The van der Waals surface area contributed by atoms with E-state index in [2.05, 4.69) is 24.3 Å². The van der Waals surface area contributed by atoms with Gasteiger partial charge in [0.2, 0.25) is 0 Å². The lowest BCUT2D eigenvalue weighted by molar-refractivity contribution is -0.384. The van der Waals surface area contributed by atoms with E-state index in [-0.39, 0.29) is 23.4 Å². The van der Waals surface area contributed by atoms with Crippen molar-refractivity contribution in [3.63, 3.8) is 0 Å². The zero-order chi connectivity index (χ0) is 26.0. The molecule has 1 atom stereocenters. The van der Waals surface area contributed by atoms with Crippen LogP contribution in [0.2, 0.25) is 0 Å². The first kappa shape index (κ1) is 28.0. The number of allylic oxidation sites excluding steroid dienone is 2. The number of esters is 2. The van der Waals surface area contributed by atoms with E-state index >= 15 is 0 Å². The molecule has 192 valence electrons. The van der Waals surface area contributed by atoms with E-state index < -0.39 is 22.8 Å². The second-order valence-corrected chi connectivity index (χ2v) is 9.04. The lowest BCUT2D eigenvalue weighted by Gasteiger charge is -2.30. The highest BCUT2D eigenvalue weighted by atomic mass is 16.6. The third-order valence-electron chi connectivity index (χ3n) is 6.03. The van der Waals surface area contributed by atoms with Crippen LogP contribution in [0.4, 0.5) is 5.69 Å². The van der Waals surface area contributed by atoms with Gasteiger partial charge in [0.1, 0.15) is 0 Å². The quantitative estimate of drug-likeness (QED) is 0.188. The van der Waals surface area contributed by atoms with E-state index in [1.807, 2.05) is 0 Å². The lowest BCUT2D eigenvalue weighted by atomic mass is 9.80. The molecule has 35 heavy (non-hydrogen) atoms. The molecule has 0 saturated heterocycles. The third kappa shape index (κ3) is 7.92. The van der Waals surface area contributed by atoms with Gasteiger partial charge in [-0.15, -0.1) is 0 Å². The number of rotatable bonds is 13. The molecule has 1 aromatic carbocycles. The molecule has 1 aliphatic heterocycles. The highest BCUT2D eigenvalue weighted by Crippen LogP contribution is 2.40. The molecule has 2 rings (SSSR count). The van der Waals surface area contributed by atoms with Crippen LogP contribution in [0.25, 0.3) is 0 Å². The molecule has 1 aliphatic rings. The maximum atomic E-state index is 13.2. The number of ether oxygens (including phenoxy) is 2. The number of dihydropyridines is 1. The van der Waals surface area contributed by atoms with E-state index in [1.165, 1.54) is 38.2 Å². The molecule has 1 heterocycles. The van der Waals surface area contributed by atoms with Crippen molar-refractivity contribution < 1.29 is 24.0 Å². The van der Waals surface area contributed by atoms with Crippen LogP contribution in [0.5, 0.6) is 0 Å². The van der Waals surface area contributed by atoms with Crippen LogP contribution in [-0.4, -0.2) is 56.1 Å². The van der Waals surface area contributed by atoms with Crippen molar-refractivity contribution in [1.29, 1.82) is 0 Å². The summed E-state index contributed by atoms with van der Waals surface area (Å²) in [6.45, 7) is 4.80. The van der Waals surface area contributed by atoms with Crippen LogP contribution in [0.3, 0.4) is 0 Å². The molecule has 0 bridgehead atoms. The Balaban J connectivity index is 2.12. The molecule has 9 heteroatoms. The van der Waals surface area contributed by atoms with E-state index in [4.69, 9.17) is 9.47 Å². The van der Waals surface area contributed by atoms with Crippen LogP contribution in [0, 0.1) is 10.1 Å². The number of carbonyl (C=O) groups excluding carboxylic acids is 2. The molecule has 0 saturated carbocycles. The molecule has 1 aromatic rings. The highest BCUT2D eigenvalue weighted by Gasteiger charge is 2.38. The molecular formula is C26H37N3O6. The lowest BCUT2D eigenvalue weighted by Crippen LogP contribution is -2.32. The topological polar surface area (TPSA) is 111 Å². The zero-order valence-electron chi connectivity index (χ0n) is 21.4.